The van der Waals surface area contributed by atoms with E-state index >= 15 is 0 Å². The lowest BCUT2D eigenvalue weighted by molar-refractivity contribution is -0.139. The summed E-state index contributed by atoms with van der Waals surface area (Å²) in [5, 5.41) is 9.71. The molecule has 26 heavy (non-hydrogen) atoms. The van der Waals surface area contributed by atoms with Crippen molar-refractivity contribution in [3.8, 4) is 0 Å². The Bertz CT molecular complexity index is 685. The molecule has 0 aromatic carbocycles. The number of carbonyl (C=O) groups excluding carboxylic acids is 1. The van der Waals surface area contributed by atoms with Gasteiger partial charge in [0.2, 0.25) is 5.91 Å². The Morgan fingerprint density at radius 3 is 2.46 bits per heavy atom. The molecule has 1 aromatic heterocycles. The average molecular weight is 426 g/mol. The number of likely N-dealkylation sites (tertiary alicyclic amines) is 1. The lowest BCUT2D eigenvalue weighted by Crippen LogP contribution is -2.47. The van der Waals surface area contributed by atoms with E-state index in [0.717, 1.165) is 51.5 Å². The van der Waals surface area contributed by atoms with E-state index in [1.165, 1.54) is 6.07 Å². The molecule has 0 radical (unpaired) electrons. The Kier molecular flexibility index (Phi) is 4.94. The summed E-state index contributed by atoms with van der Waals surface area (Å²) in [4.78, 5) is 21.4. The zero-order valence-corrected chi connectivity index (χ0v) is 16.4. The molecule has 0 bridgehead atoms. The minimum absolute atomic E-state index is 0.200. The van der Waals surface area contributed by atoms with Gasteiger partial charge in [-0.25, -0.2) is 9.37 Å². The lowest BCUT2D eigenvalue weighted by Gasteiger charge is -2.40. The Hall–Kier alpha value is -1.21. The third kappa shape index (κ3) is 3.24. The van der Waals surface area contributed by atoms with Gasteiger partial charge >= 0.3 is 0 Å². The van der Waals surface area contributed by atoms with E-state index in [1.54, 1.807) is 6.20 Å². The van der Waals surface area contributed by atoms with Gasteiger partial charge in [0.05, 0.1) is 11.5 Å². The molecule has 2 aliphatic heterocycles. The Morgan fingerprint density at radius 1 is 1.15 bits per heavy atom. The van der Waals surface area contributed by atoms with Crippen LogP contribution in [0.2, 0.25) is 0 Å². The van der Waals surface area contributed by atoms with E-state index in [0.29, 0.717) is 23.4 Å². The number of hydrogen-bond donors (Lipinski definition) is 1. The zero-order chi connectivity index (χ0) is 18.3. The highest BCUT2D eigenvalue weighted by Gasteiger charge is 2.50. The van der Waals surface area contributed by atoms with Crippen LogP contribution in [0.4, 0.5) is 10.2 Å². The third-order valence-electron chi connectivity index (χ3n) is 6.46. The van der Waals surface area contributed by atoms with Gasteiger partial charge in [-0.1, -0.05) is 0 Å². The normalized spacial score (nSPS) is 28.8. The fourth-order valence-corrected chi connectivity index (χ4v) is 5.12. The monoisotopic (exact) mass is 425 g/mol. The van der Waals surface area contributed by atoms with Crippen molar-refractivity contribution in [2.24, 2.45) is 5.41 Å². The van der Waals surface area contributed by atoms with Crippen LogP contribution in [0.5, 0.6) is 0 Å². The van der Waals surface area contributed by atoms with Crippen LogP contribution in [0.15, 0.2) is 16.7 Å². The van der Waals surface area contributed by atoms with Crippen LogP contribution in [-0.4, -0.2) is 52.7 Å². The maximum Gasteiger partial charge on any atom is 0.229 e. The van der Waals surface area contributed by atoms with Gasteiger partial charge in [-0.3, -0.25) is 4.79 Å². The van der Waals surface area contributed by atoms with E-state index < -0.39 is 0 Å². The maximum atomic E-state index is 14.2. The molecule has 7 heteroatoms. The standard InChI is InChI=1S/C19H25BrFN3O2/c20-13-11-16(21)17(22-12-13)23-8-5-19(6-9-23)7-10-24(18(19)26)14-1-3-15(25)4-2-14/h11-12,14-15,25H,1-10H2. The predicted octanol–water partition coefficient (Wildman–Crippen LogP) is 3.11. The van der Waals surface area contributed by atoms with E-state index in [-0.39, 0.29) is 29.3 Å². The first-order valence-electron chi connectivity index (χ1n) is 9.54. The highest BCUT2D eigenvalue weighted by Crippen LogP contribution is 2.44. The predicted molar refractivity (Wildman–Crippen MR) is 100 cm³/mol. The van der Waals surface area contributed by atoms with Crippen molar-refractivity contribution in [1.29, 1.82) is 0 Å². The molecule has 0 atom stereocenters. The van der Waals surface area contributed by atoms with E-state index in [1.807, 2.05) is 4.90 Å². The van der Waals surface area contributed by atoms with Crippen LogP contribution in [0.25, 0.3) is 0 Å². The number of pyridine rings is 1. The van der Waals surface area contributed by atoms with Gasteiger partial charge in [0, 0.05) is 36.3 Å². The van der Waals surface area contributed by atoms with Crippen LogP contribution in [-0.2, 0) is 4.79 Å². The van der Waals surface area contributed by atoms with E-state index in [4.69, 9.17) is 0 Å². The summed E-state index contributed by atoms with van der Waals surface area (Å²) >= 11 is 3.24. The first kappa shape index (κ1) is 18.2. The minimum atomic E-state index is -0.324. The van der Waals surface area contributed by atoms with Gasteiger partial charge in [0.25, 0.3) is 0 Å². The second-order valence-electron chi connectivity index (χ2n) is 7.94. The lowest BCUT2D eigenvalue weighted by atomic mass is 9.77. The number of hydrogen-bond acceptors (Lipinski definition) is 4. The smallest absolute Gasteiger partial charge is 0.229 e. The van der Waals surface area contributed by atoms with Crippen LogP contribution in [0.1, 0.15) is 44.9 Å². The first-order valence-corrected chi connectivity index (χ1v) is 10.3. The Balaban J connectivity index is 1.41. The SMILES string of the molecule is O=C1N(C2CCC(O)CC2)CCC12CCN(c1ncc(Br)cc1F)CC2. The van der Waals surface area contributed by atoms with E-state index in [2.05, 4.69) is 25.8 Å². The molecule has 1 amide bonds. The van der Waals surface area contributed by atoms with Gasteiger partial charge in [0.1, 0.15) is 0 Å². The zero-order valence-electron chi connectivity index (χ0n) is 14.8. The van der Waals surface area contributed by atoms with Crippen molar-refractivity contribution in [1.82, 2.24) is 9.88 Å². The average Bonchev–Trinajstić information content (AvgIpc) is 2.94. The number of piperidine rings is 1. The maximum absolute atomic E-state index is 14.2. The molecular weight excluding hydrogens is 401 g/mol. The van der Waals surface area contributed by atoms with Crippen molar-refractivity contribution >= 4 is 27.7 Å². The number of aliphatic hydroxyl groups is 1. The second kappa shape index (κ2) is 7.08. The summed E-state index contributed by atoms with van der Waals surface area (Å²) in [6.07, 6.45) is 7.23. The van der Waals surface area contributed by atoms with Gasteiger partial charge in [0.15, 0.2) is 11.6 Å². The quantitative estimate of drug-likeness (QED) is 0.790. The fourth-order valence-electron chi connectivity index (χ4n) is 4.82. The summed E-state index contributed by atoms with van der Waals surface area (Å²) in [6, 6.07) is 1.72. The number of halogens is 2. The summed E-state index contributed by atoms with van der Waals surface area (Å²) in [7, 11) is 0. The minimum Gasteiger partial charge on any atom is -0.393 e. The van der Waals surface area contributed by atoms with Gasteiger partial charge in [-0.15, -0.1) is 0 Å². The molecule has 4 rings (SSSR count). The Morgan fingerprint density at radius 2 is 1.81 bits per heavy atom. The van der Waals surface area contributed by atoms with Crippen molar-refractivity contribution < 1.29 is 14.3 Å². The van der Waals surface area contributed by atoms with Crippen molar-refractivity contribution in [3.05, 3.63) is 22.6 Å². The molecule has 3 aliphatic rings. The Labute approximate surface area is 161 Å². The number of amides is 1. The molecule has 0 unspecified atom stereocenters. The van der Waals surface area contributed by atoms with Crippen molar-refractivity contribution in [3.63, 3.8) is 0 Å². The van der Waals surface area contributed by atoms with Gasteiger partial charge in [-0.2, -0.15) is 0 Å². The number of aromatic nitrogens is 1. The first-order chi connectivity index (χ1) is 12.5. The molecule has 2 saturated heterocycles. The highest BCUT2D eigenvalue weighted by atomic mass is 79.9. The van der Waals surface area contributed by atoms with Crippen molar-refractivity contribution in [2.45, 2.75) is 57.1 Å². The number of carbonyl (C=O) groups is 1. The third-order valence-corrected chi connectivity index (χ3v) is 6.89. The van der Waals surface area contributed by atoms with Crippen molar-refractivity contribution in [2.75, 3.05) is 24.5 Å². The molecule has 3 heterocycles. The fraction of sp³-hybridized carbons (Fsp3) is 0.684. The largest absolute Gasteiger partial charge is 0.393 e. The van der Waals surface area contributed by atoms with Crippen LogP contribution < -0.4 is 4.90 Å². The molecule has 3 fully saturated rings. The summed E-state index contributed by atoms with van der Waals surface area (Å²) in [6.45, 7) is 2.15. The molecule has 5 nitrogen and oxygen atoms in total. The van der Waals surface area contributed by atoms with Crippen LogP contribution in [0, 0.1) is 11.2 Å². The molecule has 1 aromatic rings. The summed E-state index contributed by atoms with van der Waals surface area (Å²) < 4.78 is 14.8. The topological polar surface area (TPSA) is 56.7 Å². The molecular formula is C19H25BrFN3O2. The molecule has 142 valence electrons. The summed E-state index contributed by atoms with van der Waals surface area (Å²) in [5.41, 5.74) is -0.279. The highest BCUT2D eigenvalue weighted by molar-refractivity contribution is 9.10. The van der Waals surface area contributed by atoms with Crippen LogP contribution >= 0.6 is 15.9 Å². The van der Waals surface area contributed by atoms with E-state index in [9.17, 15) is 14.3 Å². The second-order valence-corrected chi connectivity index (χ2v) is 8.85. The van der Waals surface area contributed by atoms with Gasteiger partial charge in [-0.05, 0) is 66.9 Å². The van der Waals surface area contributed by atoms with Crippen LogP contribution in [0.3, 0.4) is 0 Å². The molecule has 1 saturated carbocycles. The number of aliphatic hydroxyl groups excluding tert-OH is 1. The number of rotatable bonds is 2. The summed E-state index contributed by atoms with van der Waals surface area (Å²) in [5.74, 6) is 0.338. The van der Waals surface area contributed by atoms with Gasteiger partial charge < -0.3 is 14.9 Å². The molecule has 1 N–H and O–H groups in total. The molecule has 1 spiro atoms. The number of anilines is 1. The molecule has 1 aliphatic carbocycles. The number of nitrogens with zero attached hydrogens (tertiary/aromatic N) is 3.